The first kappa shape index (κ1) is 17.6. The minimum absolute atomic E-state index is 0.265. The van der Waals surface area contributed by atoms with Gasteiger partial charge in [-0.1, -0.05) is 0 Å². The van der Waals surface area contributed by atoms with Crippen LogP contribution in [0.15, 0.2) is 29.5 Å². The largest absolute Gasteiger partial charge is 0.494 e. The van der Waals surface area contributed by atoms with Crippen LogP contribution in [0.2, 0.25) is 0 Å². The van der Waals surface area contributed by atoms with Crippen molar-refractivity contribution in [2.75, 3.05) is 13.2 Å². The second-order valence-electron chi connectivity index (χ2n) is 4.91. The molecule has 124 valence electrons. The highest BCUT2D eigenvalue weighted by Crippen LogP contribution is 2.34. The topological polar surface area (TPSA) is 76.7 Å². The minimum Gasteiger partial charge on any atom is -0.494 e. The summed E-state index contributed by atoms with van der Waals surface area (Å²) in [6, 6.07) is 4.68. The van der Waals surface area contributed by atoms with Gasteiger partial charge in [-0.25, -0.2) is 9.59 Å². The van der Waals surface area contributed by atoms with E-state index < -0.39 is 12.0 Å². The van der Waals surface area contributed by atoms with Gasteiger partial charge in [0.2, 0.25) is 0 Å². The average molecular weight is 430 g/mol. The van der Waals surface area contributed by atoms with Crippen molar-refractivity contribution in [1.29, 1.82) is 0 Å². The number of nitrogens with one attached hydrogen (secondary N) is 2. The van der Waals surface area contributed by atoms with E-state index in [-0.39, 0.29) is 12.6 Å². The molecule has 1 heterocycles. The van der Waals surface area contributed by atoms with E-state index in [0.29, 0.717) is 23.6 Å². The Morgan fingerprint density at radius 1 is 1.30 bits per heavy atom. The van der Waals surface area contributed by atoms with Gasteiger partial charge >= 0.3 is 12.0 Å². The van der Waals surface area contributed by atoms with Crippen LogP contribution in [-0.2, 0) is 9.53 Å². The van der Waals surface area contributed by atoms with Crippen molar-refractivity contribution in [3.63, 3.8) is 0 Å². The van der Waals surface area contributed by atoms with Gasteiger partial charge in [0.25, 0.3) is 0 Å². The Hall–Kier alpha value is -1.77. The molecule has 0 saturated carbocycles. The number of ether oxygens (including phenoxy) is 2. The van der Waals surface area contributed by atoms with E-state index in [9.17, 15) is 9.59 Å². The van der Waals surface area contributed by atoms with Crippen LogP contribution >= 0.6 is 22.6 Å². The summed E-state index contributed by atoms with van der Waals surface area (Å²) in [6.45, 7) is 6.07. The highest BCUT2D eigenvalue weighted by molar-refractivity contribution is 14.1. The maximum absolute atomic E-state index is 12.3. The van der Waals surface area contributed by atoms with Crippen LogP contribution in [0.3, 0.4) is 0 Å². The molecule has 2 rings (SSSR count). The molecule has 0 spiro atoms. The Morgan fingerprint density at radius 3 is 2.70 bits per heavy atom. The Labute approximate surface area is 148 Å². The number of hydrogen-bond acceptors (Lipinski definition) is 4. The molecule has 1 aromatic rings. The lowest BCUT2D eigenvalue weighted by Gasteiger charge is -2.29. The smallest absolute Gasteiger partial charge is 0.338 e. The van der Waals surface area contributed by atoms with Gasteiger partial charge < -0.3 is 20.1 Å². The van der Waals surface area contributed by atoms with Gasteiger partial charge in [-0.2, -0.15) is 0 Å². The number of urea groups is 1. The van der Waals surface area contributed by atoms with Crippen molar-refractivity contribution in [3.8, 4) is 5.75 Å². The van der Waals surface area contributed by atoms with Crippen molar-refractivity contribution in [3.05, 3.63) is 38.6 Å². The third-order valence-electron chi connectivity index (χ3n) is 3.35. The third kappa shape index (κ3) is 3.95. The number of amides is 2. The average Bonchev–Trinajstić information content (AvgIpc) is 2.48. The second kappa shape index (κ2) is 7.67. The van der Waals surface area contributed by atoms with E-state index in [1.807, 2.05) is 25.1 Å². The molecule has 7 heteroatoms. The summed E-state index contributed by atoms with van der Waals surface area (Å²) < 4.78 is 11.8. The van der Waals surface area contributed by atoms with E-state index in [1.165, 1.54) is 0 Å². The highest BCUT2D eigenvalue weighted by atomic mass is 127. The molecule has 23 heavy (non-hydrogen) atoms. The first-order valence-corrected chi connectivity index (χ1v) is 8.43. The summed E-state index contributed by atoms with van der Waals surface area (Å²) in [5.74, 6) is 0.179. The molecular weight excluding hydrogens is 411 g/mol. The fourth-order valence-corrected chi connectivity index (χ4v) is 2.95. The SMILES string of the molecule is CCOC(=O)C1=C(C)NC(=O)NC1c1cc(I)ccc1OCC. The first-order valence-electron chi connectivity index (χ1n) is 7.35. The molecule has 1 atom stereocenters. The molecule has 0 radical (unpaired) electrons. The van der Waals surface area contributed by atoms with Gasteiger partial charge in [0, 0.05) is 14.8 Å². The molecule has 0 fully saturated rings. The molecule has 0 aromatic heterocycles. The van der Waals surface area contributed by atoms with Crippen LogP contribution in [0.1, 0.15) is 32.4 Å². The van der Waals surface area contributed by atoms with Gasteiger partial charge in [0.15, 0.2) is 0 Å². The van der Waals surface area contributed by atoms with Gasteiger partial charge in [-0.15, -0.1) is 0 Å². The van der Waals surface area contributed by atoms with Crippen molar-refractivity contribution in [2.45, 2.75) is 26.8 Å². The fourth-order valence-electron chi connectivity index (χ4n) is 2.44. The second-order valence-corrected chi connectivity index (χ2v) is 6.15. The van der Waals surface area contributed by atoms with E-state index >= 15 is 0 Å². The van der Waals surface area contributed by atoms with Gasteiger partial charge in [0.1, 0.15) is 5.75 Å². The number of allylic oxidation sites excluding steroid dienone is 1. The van der Waals surface area contributed by atoms with Gasteiger partial charge in [-0.3, -0.25) is 0 Å². The van der Waals surface area contributed by atoms with Crippen LogP contribution in [0, 0.1) is 3.57 Å². The zero-order chi connectivity index (χ0) is 17.0. The number of esters is 1. The van der Waals surface area contributed by atoms with E-state index in [1.54, 1.807) is 13.8 Å². The normalized spacial score (nSPS) is 17.4. The van der Waals surface area contributed by atoms with Crippen LogP contribution in [0.5, 0.6) is 5.75 Å². The molecule has 6 nitrogen and oxygen atoms in total. The molecule has 2 amide bonds. The minimum atomic E-state index is -0.612. The lowest BCUT2D eigenvalue weighted by Crippen LogP contribution is -2.45. The number of halogens is 1. The lowest BCUT2D eigenvalue weighted by atomic mass is 9.95. The van der Waals surface area contributed by atoms with E-state index in [0.717, 1.165) is 9.13 Å². The summed E-state index contributed by atoms with van der Waals surface area (Å²) in [4.78, 5) is 24.2. The van der Waals surface area contributed by atoms with E-state index in [4.69, 9.17) is 9.47 Å². The number of carbonyl (C=O) groups is 2. The zero-order valence-electron chi connectivity index (χ0n) is 13.2. The summed E-state index contributed by atoms with van der Waals surface area (Å²) >= 11 is 2.18. The maximum atomic E-state index is 12.3. The predicted octanol–water partition coefficient (Wildman–Crippen LogP) is 2.88. The number of carbonyl (C=O) groups excluding carboxylic acids is 2. The number of hydrogen-bond donors (Lipinski definition) is 2. The Morgan fingerprint density at radius 2 is 2.04 bits per heavy atom. The first-order chi connectivity index (χ1) is 11.0. The van der Waals surface area contributed by atoms with Gasteiger partial charge in [-0.05, 0) is 61.6 Å². The summed E-state index contributed by atoms with van der Waals surface area (Å²) in [5, 5.41) is 5.41. The molecule has 0 aliphatic carbocycles. The molecule has 0 bridgehead atoms. The standard InChI is InChI=1S/C16H19IN2O4/c1-4-22-12-7-6-10(17)8-11(12)14-13(15(20)23-5-2)9(3)18-16(21)19-14/h6-8,14H,4-5H2,1-3H3,(H2,18,19,21). The van der Waals surface area contributed by atoms with Crippen molar-refractivity contribution in [2.24, 2.45) is 0 Å². The Kier molecular flexibility index (Phi) is 5.86. The highest BCUT2D eigenvalue weighted by Gasteiger charge is 2.33. The molecule has 1 aliphatic rings. The van der Waals surface area contributed by atoms with Gasteiger partial charge in [0.05, 0.1) is 24.8 Å². The number of rotatable bonds is 5. The fraction of sp³-hybridized carbons (Fsp3) is 0.375. The third-order valence-corrected chi connectivity index (χ3v) is 4.02. The molecular formula is C16H19IN2O4. The van der Waals surface area contributed by atoms with E-state index in [2.05, 4.69) is 33.2 Å². The molecule has 0 saturated heterocycles. The zero-order valence-corrected chi connectivity index (χ0v) is 15.4. The van der Waals surface area contributed by atoms with Crippen LogP contribution in [0.4, 0.5) is 4.79 Å². The maximum Gasteiger partial charge on any atom is 0.338 e. The number of benzene rings is 1. The molecule has 2 N–H and O–H groups in total. The summed E-state index contributed by atoms with van der Waals surface area (Å²) in [7, 11) is 0. The van der Waals surface area contributed by atoms with Crippen molar-refractivity contribution >= 4 is 34.6 Å². The summed E-state index contributed by atoms with van der Waals surface area (Å²) in [6.07, 6.45) is 0. The Bertz CT molecular complexity index is 657. The monoisotopic (exact) mass is 430 g/mol. The Balaban J connectivity index is 2.54. The molecule has 1 unspecified atom stereocenters. The van der Waals surface area contributed by atoms with Crippen LogP contribution in [0.25, 0.3) is 0 Å². The predicted molar refractivity (Wildman–Crippen MR) is 94.1 cm³/mol. The van der Waals surface area contributed by atoms with Crippen molar-refractivity contribution in [1.82, 2.24) is 10.6 Å². The summed E-state index contributed by atoms with van der Waals surface area (Å²) in [5.41, 5.74) is 1.60. The molecule has 1 aliphatic heterocycles. The van der Waals surface area contributed by atoms with Crippen LogP contribution in [-0.4, -0.2) is 25.2 Å². The van der Waals surface area contributed by atoms with Crippen LogP contribution < -0.4 is 15.4 Å². The van der Waals surface area contributed by atoms with Crippen molar-refractivity contribution < 1.29 is 19.1 Å². The quantitative estimate of drug-likeness (QED) is 0.557. The lowest BCUT2D eigenvalue weighted by molar-refractivity contribution is -0.139. The molecule has 1 aromatic carbocycles.